The molecule has 1 aliphatic heterocycles. The van der Waals surface area contributed by atoms with Crippen molar-refractivity contribution in [3.05, 3.63) is 23.8 Å². The lowest BCUT2D eigenvalue weighted by Gasteiger charge is -2.23. The van der Waals surface area contributed by atoms with E-state index in [0.29, 0.717) is 5.75 Å². The van der Waals surface area contributed by atoms with Crippen molar-refractivity contribution in [2.75, 3.05) is 20.2 Å². The number of nitriles is 1. The van der Waals surface area contributed by atoms with E-state index in [9.17, 15) is 10.4 Å². The number of ether oxygens (including phenoxy) is 1. The van der Waals surface area contributed by atoms with Crippen LogP contribution in [0.25, 0.3) is 0 Å². The van der Waals surface area contributed by atoms with E-state index in [0.717, 1.165) is 18.7 Å². The number of nitrogens with zero attached hydrogens (tertiary/aromatic N) is 1. The fourth-order valence-corrected chi connectivity index (χ4v) is 2.75. The van der Waals surface area contributed by atoms with Gasteiger partial charge in [-0.3, -0.25) is 0 Å². The van der Waals surface area contributed by atoms with Gasteiger partial charge in [0, 0.05) is 5.56 Å². The maximum absolute atomic E-state index is 9.63. The van der Waals surface area contributed by atoms with E-state index in [2.05, 4.69) is 6.07 Å². The topological polar surface area (TPSA) is 57.7 Å². The Kier molecular flexibility index (Phi) is 4.64. The van der Waals surface area contributed by atoms with Crippen LogP contribution in [0.15, 0.2) is 18.2 Å². The zero-order valence-electron chi connectivity index (χ0n) is 11.4. The molecule has 1 aromatic rings. The Morgan fingerprint density at radius 2 is 1.95 bits per heavy atom. The van der Waals surface area contributed by atoms with E-state index < -0.39 is 0 Å². The molecule has 1 aromatic carbocycles. The molecular formula is C15H21N2O2+. The van der Waals surface area contributed by atoms with Gasteiger partial charge in [0.15, 0.2) is 11.5 Å². The molecule has 1 fully saturated rings. The van der Waals surface area contributed by atoms with Gasteiger partial charge in [0.25, 0.3) is 0 Å². The second kappa shape index (κ2) is 6.44. The maximum atomic E-state index is 9.63. The second-order valence-corrected chi connectivity index (χ2v) is 5.07. The lowest BCUT2D eigenvalue weighted by molar-refractivity contribution is -0.922. The van der Waals surface area contributed by atoms with Crippen LogP contribution in [0.3, 0.4) is 0 Å². The number of likely N-dealkylation sites (tertiary alicyclic amines) is 1. The monoisotopic (exact) mass is 261 g/mol. The van der Waals surface area contributed by atoms with Crippen LogP contribution in [-0.2, 0) is 0 Å². The number of hydrogen-bond donors (Lipinski definition) is 2. The Morgan fingerprint density at radius 1 is 1.26 bits per heavy atom. The predicted molar refractivity (Wildman–Crippen MR) is 72.2 cm³/mol. The van der Waals surface area contributed by atoms with Crippen LogP contribution < -0.4 is 9.64 Å². The van der Waals surface area contributed by atoms with Gasteiger partial charge in [-0.25, -0.2) is 0 Å². The second-order valence-electron chi connectivity index (χ2n) is 5.07. The SMILES string of the molecule is COc1cc([C@H](C#N)[NH+]2CCCCCC2)ccc1O. The first-order chi connectivity index (χ1) is 9.26. The molecule has 0 radical (unpaired) electrons. The summed E-state index contributed by atoms with van der Waals surface area (Å²) in [5.41, 5.74) is 0.925. The Morgan fingerprint density at radius 3 is 2.53 bits per heavy atom. The number of quaternary nitrogens is 1. The minimum absolute atomic E-state index is 0.119. The predicted octanol–water partition coefficient (Wildman–Crippen LogP) is 1.42. The summed E-state index contributed by atoms with van der Waals surface area (Å²) in [5, 5.41) is 19.1. The summed E-state index contributed by atoms with van der Waals surface area (Å²) in [6.45, 7) is 2.09. The molecule has 1 aliphatic rings. The molecule has 1 saturated heterocycles. The number of hydrogen-bond acceptors (Lipinski definition) is 3. The molecule has 19 heavy (non-hydrogen) atoms. The highest BCUT2D eigenvalue weighted by molar-refractivity contribution is 5.43. The molecule has 4 nitrogen and oxygen atoms in total. The summed E-state index contributed by atoms with van der Waals surface area (Å²) < 4.78 is 5.12. The molecule has 0 saturated carbocycles. The first-order valence-corrected chi connectivity index (χ1v) is 6.87. The third-order valence-electron chi connectivity index (χ3n) is 3.82. The molecule has 1 atom stereocenters. The first-order valence-electron chi connectivity index (χ1n) is 6.87. The normalized spacial score (nSPS) is 18.3. The Hall–Kier alpha value is -1.73. The van der Waals surface area contributed by atoms with Crippen molar-refractivity contribution >= 4 is 0 Å². The zero-order chi connectivity index (χ0) is 13.7. The van der Waals surface area contributed by atoms with Gasteiger partial charge >= 0.3 is 0 Å². The number of nitrogens with one attached hydrogen (secondary N) is 1. The van der Waals surface area contributed by atoms with Gasteiger partial charge in [0.1, 0.15) is 6.07 Å². The minimum Gasteiger partial charge on any atom is -0.504 e. The average molecular weight is 261 g/mol. The fraction of sp³-hybridized carbons (Fsp3) is 0.533. The van der Waals surface area contributed by atoms with Crippen molar-refractivity contribution in [2.45, 2.75) is 31.7 Å². The van der Waals surface area contributed by atoms with Crippen molar-refractivity contribution in [1.82, 2.24) is 0 Å². The van der Waals surface area contributed by atoms with Crippen LogP contribution in [0.5, 0.6) is 11.5 Å². The van der Waals surface area contributed by atoms with Crippen LogP contribution in [0.1, 0.15) is 37.3 Å². The van der Waals surface area contributed by atoms with Crippen molar-refractivity contribution in [3.8, 4) is 17.6 Å². The molecule has 0 spiro atoms. The summed E-state index contributed by atoms with van der Waals surface area (Å²) in [6, 6.07) is 7.45. The maximum Gasteiger partial charge on any atom is 0.200 e. The molecule has 102 valence electrons. The number of benzene rings is 1. The van der Waals surface area contributed by atoms with Gasteiger partial charge in [-0.15, -0.1) is 0 Å². The summed E-state index contributed by atoms with van der Waals surface area (Å²) in [6.07, 6.45) is 4.90. The van der Waals surface area contributed by atoms with Crippen molar-refractivity contribution in [3.63, 3.8) is 0 Å². The van der Waals surface area contributed by atoms with Gasteiger partial charge in [-0.1, -0.05) is 0 Å². The standard InChI is InChI=1S/C15H20N2O2/c1-19-15-10-12(6-7-14(15)18)13(11-16)17-8-4-2-3-5-9-17/h6-7,10,13,18H,2-5,8-9H2,1H3/p+1/t13-/m0/s1. The molecule has 0 aromatic heterocycles. The van der Waals surface area contributed by atoms with E-state index in [1.807, 2.05) is 6.07 Å². The highest BCUT2D eigenvalue weighted by Crippen LogP contribution is 2.28. The van der Waals surface area contributed by atoms with Crippen molar-refractivity contribution in [2.24, 2.45) is 0 Å². The van der Waals surface area contributed by atoms with E-state index in [4.69, 9.17) is 4.74 Å². The molecule has 0 amide bonds. The molecule has 2 rings (SSSR count). The van der Waals surface area contributed by atoms with Crippen LogP contribution >= 0.6 is 0 Å². The van der Waals surface area contributed by atoms with Crippen LogP contribution in [0.4, 0.5) is 0 Å². The first kappa shape index (κ1) is 13.7. The van der Waals surface area contributed by atoms with E-state index in [1.165, 1.54) is 37.7 Å². The number of aromatic hydroxyl groups is 1. The fourth-order valence-electron chi connectivity index (χ4n) is 2.75. The van der Waals surface area contributed by atoms with Gasteiger partial charge in [0.05, 0.1) is 20.2 Å². The van der Waals surface area contributed by atoms with Crippen molar-refractivity contribution in [1.29, 1.82) is 5.26 Å². The zero-order valence-corrected chi connectivity index (χ0v) is 11.4. The number of phenolic OH excluding ortho intramolecular Hbond substituents is 1. The van der Waals surface area contributed by atoms with E-state index >= 15 is 0 Å². The van der Waals surface area contributed by atoms with Crippen molar-refractivity contribution < 1.29 is 14.7 Å². The molecule has 4 heteroatoms. The Bertz CT molecular complexity index is 460. The quantitative estimate of drug-likeness (QED) is 0.865. The smallest absolute Gasteiger partial charge is 0.200 e. The van der Waals surface area contributed by atoms with E-state index in [-0.39, 0.29) is 11.8 Å². The third kappa shape index (κ3) is 3.18. The summed E-state index contributed by atoms with van der Waals surface area (Å²) in [4.78, 5) is 1.33. The number of phenols is 1. The molecule has 0 bridgehead atoms. The summed E-state index contributed by atoms with van der Waals surface area (Å²) in [5.74, 6) is 0.556. The molecular weight excluding hydrogens is 240 g/mol. The largest absolute Gasteiger partial charge is 0.504 e. The van der Waals surface area contributed by atoms with Gasteiger partial charge in [-0.05, 0) is 43.9 Å². The third-order valence-corrected chi connectivity index (χ3v) is 3.82. The summed E-state index contributed by atoms with van der Waals surface area (Å²) in [7, 11) is 1.53. The minimum atomic E-state index is -0.174. The molecule has 2 N–H and O–H groups in total. The lowest BCUT2D eigenvalue weighted by Crippen LogP contribution is -3.12. The van der Waals surface area contributed by atoms with Crippen LogP contribution in [0.2, 0.25) is 0 Å². The average Bonchev–Trinajstić information content (AvgIpc) is 2.70. The van der Waals surface area contributed by atoms with Crippen LogP contribution in [-0.4, -0.2) is 25.3 Å². The Balaban J connectivity index is 2.23. The van der Waals surface area contributed by atoms with Gasteiger partial charge < -0.3 is 14.7 Å². The van der Waals surface area contributed by atoms with Gasteiger partial charge in [0.2, 0.25) is 6.04 Å². The number of methoxy groups -OCH3 is 1. The molecule has 0 aliphatic carbocycles. The van der Waals surface area contributed by atoms with Crippen LogP contribution in [0, 0.1) is 11.3 Å². The van der Waals surface area contributed by atoms with E-state index in [1.54, 1.807) is 12.1 Å². The highest BCUT2D eigenvalue weighted by atomic mass is 16.5. The summed E-state index contributed by atoms with van der Waals surface area (Å²) >= 11 is 0. The molecule has 0 unspecified atom stereocenters. The number of rotatable bonds is 3. The molecule has 1 heterocycles. The Labute approximate surface area is 114 Å². The lowest BCUT2D eigenvalue weighted by atomic mass is 10.1. The highest BCUT2D eigenvalue weighted by Gasteiger charge is 2.25. The van der Waals surface area contributed by atoms with Gasteiger partial charge in [-0.2, -0.15) is 5.26 Å².